The van der Waals surface area contributed by atoms with Gasteiger partial charge in [0.1, 0.15) is 0 Å². The normalized spacial score (nSPS) is 12.5. The maximum atomic E-state index is 7.11. The summed E-state index contributed by atoms with van der Waals surface area (Å²) in [4.78, 5) is 0. The van der Waals surface area contributed by atoms with Gasteiger partial charge in [0.15, 0.2) is 0 Å². The minimum absolute atomic E-state index is 0.601. The van der Waals surface area contributed by atoms with E-state index in [1.807, 2.05) is 19.1 Å². The fourth-order valence-electron chi connectivity index (χ4n) is 0.646. The second-order valence-corrected chi connectivity index (χ2v) is 2.37. The van der Waals surface area contributed by atoms with Crippen LogP contribution in [0.25, 0.3) is 0 Å². The number of allylic oxidation sites excluding steroid dienone is 4. The predicted molar refractivity (Wildman–Crippen MR) is 46.6 cm³/mol. The van der Waals surface area contributed by atoms with Crippen LogP contribution in [0, 0.1) is 5.41 Å². The molecule has 0 radical (unpaired) electrons. The largest absolute Gasteiger partial charge is 0.306 e. The van der Waals surface area contributed by atoms with Crippen LogP contribution < -0.4 is 0 Å². The average Bonchev–Trinajstić information content (AvgIpc) is 1.85. The Hall–Kier alpha value is -0.850. The molecule has 0 spiro atoms. The van der Waals surface area contributed by atoms with Gasteiger partial charge in [-0.2, -0.15) is 0 Å². The van der Waals surface area contributed by atoms with E-state index in [2.05, 4.69) is 13.0 Å². The van der Waals surface area contributed by atoms with Crippen molar-refractivity contribution in [2.75, 3.05) is 0 Å². The van der Waals surface area contributed by atoms with Crippen LogP contribution in [0.3, 0.4) is 0 Å². The molecule has 1 heteroatoms. The first-order valence-electron chi connectivity index (χ1n) is 3.56. The summed E-state index contributed by atoms with van der Waals surface area (Å²) >= 11 is 0. The van der Waals surface area contributed by atoms with Crippen LogP contribution in [0.2, 0.25) is 0 Å². The van der Waals surface area contributed by atoms with Gasteiger partial charge in [-0.3, -0.25) is 0 Å². The van der Waals surface area contributed by atoms with E-state index < -0.39 is 0 Å². The van der Waals surface area contributed by atoms with E-state index >= 15 is 0 Å². The summed E-state index contributed by atoms with van der Waals surface area (Å²) in [5, 5.41) is 7.11. The first-order chi connectivity index (χ1) is 4.66. The summed E-state index contributed by atoms with van der Waals surface area (Å²) < 4.78 is 0. The van der Waals surface area contributed by atoms with Crippen molar-refractivity contribution in [3.63, 3.8) is 0 Å². The number of hydrogen-bond donors (Lipinski definition) is 1. The molecular formula is C9H15N. The second kappa shape index (κ2) is 4.98. The molecule has 0 aromatic rings. The van der Waals surface area contributed by atoms with E-state index in [4.69, 9.17) is 5.41 Å². The third-order valence-electron chi connectivity index (χ3n) is 1.12. The van der Waals surface area contributed by atoms with Crippen molar-refractivity contribution < 1.29 is 0 Å². The zero-order valence-electron chi connectivity index (χ0n) is 6.94. The third kappa shape index (κ3) is 5.29. The third-order valence-corrected chi connectivity index (χ3v) is 1.12. The van der Waals surface area contributed by atoms with Crippen LogP contribution >= 0.6 is 0 Å². The monoisotopic (exact) mass is 137 g/mol. The van der Waals surface area contributed by atoms with E-state index in [1.54, 1.807) is 6.92 Å². The first kappa shape index (κ1) is 9.15. The van der Waals surface area contributed by atoms with Gasteiger partial charge in [-0.25, -0.2) is 0 Å². The van der Waals surface area contributed by atoms with Gasteiger partial charge in [0.05, 0.1) is 0 Å². The molecule has 0 bridgehead atoms. The Morgan fingerprint density at radius 1 is 1.30 bits per heavy atom. The van der Waals surface area contributed by atoms with E-state index in [0.29, 0.717) is 5.71 Å². The van der Waals surface area contributed by atoms with Crippen molar-refractivity contribution in [3.8, 4) is 0 Å². The molecule has 0 aromatic heterocycles. The summed E-state index contributed by atoms with van der Waals surface area (Å²) in [6.07, 6.45) is 6.97. The Kier molecular flexibility index (Phi) is 4.55. The molecule has 1 N–H and O–H groups in total. The smallest absolute Gasteiger partial charge is 0.0283 e. The Morgan fingerprint density at radius 3 is 2.30 bits per heavy atom. The van der Waals surface area contributed by atoms with E-state index in [9.17, 15) is 0 Å². The zero-order valence-corrected chi connectivity index (χ0v) is 6.94. The van der Waals surface area contributed by atoms with Crippen molar-refractivity contribution in [2.45, 2.75) is 27.2 Å². The zero-order chi connectivity index (χ0) is 7.98. The van der Waals surface area contributed by atoms with E-state index in [1.165, 1.54) is 5.57 Å². The van der Waals surface area contributed by atoms with Gasteiger partial charge in [-0.05, 0) is 26.3 Å². The topological polar surface area (TPSA) is 23.9 Å². The summed E-state index contributed by atoms with van der Waals surface area (Å²) in [6.45, 7) is 5.92. The summed E-state index contributed by atoms with van der Waals surface area (Å²) in [5.41, 5.74) is 1.83. The molecule has 0 aliphatic carbocycles. The van der Waals surface area contributed by atoms with Crippen LogP contribution in [0.15, 0.2) is 23.8 Å². The standard InChI is InChI=1S/C9H15N/c1-4-5-8(2)6-7-9(3)10/h5-7,10H,4H2,1-3H3. The maximum Gasteiger partial charge on any atom is 0.0283 e. The molecule has 0 aliphatic rings. The Morgan fingerprint density at radius 2 is 1.90 bits per heavy atom. The van der Waals surface area contributed by atoms with Gasteiger partial charge in [0.25, 0.3) is 0 Å². The SMILES string of the molecule is CCC=C(C)C=CC(C)=N. The van der Waals surface area contributed by atoms with Gasteiger partial charge in [-0.15, -0.1) is 0 Å². The van der Waals surface area contributed by atoms with Crippen LogP contribution in [0.4, 0.5) is 0 Å². The van der Waals surface area contributed by atoms with Crippen molar-refractivity contribution in [1.82, 2.24) is 0 Å². The minimum Gasteiger partial charge on any atom is -0.306 e. The molecule has 0 amide bonds. The van der Waals surface area contributed by atoms with Gasteiger partial charge < -0.3 is 5.41 Å². The average molecular weight is 137 g/mol. The molecule has 0 aliphatic heterocycles. The Balaban J connectivity index is 3.89. The van der Waals surface area contributed by atoms with Crippen molar-refractivity contribution in [1.29, 1.82) is 5.41 Å². The summed E-state index contributed by atoms with van der Waals surface area (Å²) in [6, 6.07) is 0. The fourth-order valence-corrected chi connectivity index (χ4v) is 0.646. The maximum absolute atomic E-state index is 7.11. The number of hydrogen-bond acceptors (Lipinski definition) is 1. The second-order valence-electron chi connectivity index (χ2n) is 2.37. The Labute approximate surface area is 63.0 Å². The molecule has 0 atom stereocenters. The minimum atomic E-state index is 0.601. The molecule has 0 aromatic carbocycles. The van der Waals surface area contributed by atoms with Crippen LogP contribution in [0.1, 0.15) is 27.2 Å². The molecule has 0 saturated heterocycles. The summed E-state index contributed by atoms with van der Waals surface area (Å²) in [7, 11) is 0. The first-order valence-corrected chi connectivity index (χ1v) is 3.56. The molecule has 0 fully saturated rings. The lowest BCUT2D eigenvalue weighted by atomic mass is 10.2. The van der Waals surface area contributed by atoms with Crippen LogP contribution in [-0.4, -0.2) is 5.71 Å². The number of nitrogens with one attached hydrogen (secondary N) is 1. The van der Waals surface area contributed by atoms with Crippen molar-refractivity contribution in [2.24, 2.45) is 0 Å². The lowest BCUT2D eigenvalue weighted by molar-refractivity contribution is 1.20. The van der Waals surface area contributed by atoms with Gasteiger partial charge >= 0.3 is 0 Å². The lowest BCUT2D eigenvalue weighted by Crippen LogP contribution is -1.78. The van der Waals surface area contributed by atoms with Crippen molar-refractivity contribution in [3.05, 3.63) is 23.8 Å². The molecular weight excluding hydrogens is 122 g/mol. The molecule has 0 saturated carbocycles. The highest BCUT2D eigenvalue weighted by Gasteiger charge is 1.79. The summed E-state index contributed by atoms with van der Waals surface area (Å²) in [5.74, 6) is 0. The highest BCUT2D eigenvalue weighted by Crippen LogP contribution is 1.96. The van der Waals surface area contributed by atoms with E-state index in [-0.39, 0.29) is 0 Å². The van der Waals surface area contributed by atoms with Gasteiger partial charge in [0, 0.05) is 5.71 Å². The quantitative estimate of drug-likeness (QED) is 0.457. The highest BCUT2D eigenvalue weighted by molar-refractivity contribution is 5.90. The molecule has 0 heterocycles. The molecule has 1 nitrogen and oxygen atoms in total. The van der Waals surface area contributed by atoms with E-state index in [0.717, 1.165) is 6.42 Å². The van der Waals surface area contributed by atoms with Gasteiger partial charge in [0.2, 0.25) is 0 Å². The van der Waals surface area contributed by atoms with Crippen molar-refractivity contribution >= 4 is 5.71 Å². The molecule has 56 valence electrons. The molecule has 10 heavy (non-hydrogen) atoms. The molecule has 0 rings (SSSR count). The number of rotatable bonds is 3. The predicted octanol–water partition coefficient (Wildman–Crippen LogP) is 2.94. The lowest BCUT2D eigenvalue weighted by Gasteiger charge is -1.88. The fraction of sp³-hybridized carbons (Fsp3) is 0.444. The van der Waals surface area contributed by atoms with Crippen LogP contribution in [-0.2, 0) is 0 Å². The molecule has 0 unspecified atom stereocenters. The van der Waals surface area contributed by atoms with Crippen LogP contribution in [0.5, 0.6) is 0 Å². The highest BCUT2D eigenvalue weighted by atomic mass is 14.4. The Bertz CT molecular complexity index is 164. The van der Waals surface area contributed by atoms with Gasteiger partial charge in [-0.1, -0.05) is 24.6 Å².